The number of aromatic nitrogens is 2. The van der Waals surface area contributed by atoms with Gasteiger partial charge in [0, 0.05) is 33.8 Å². The number of ether oxygens (including phenoxy) is 2. The van der Waals surface area contributed by atoms with E-state index in [1.54, 1.807) is 19.2 Å². The second-order valence-electron chi connectivity index (χ2n) is 7.19. The van der Waals surface area contributed by atoms with Crippen LogP contribution in [-0.4, -0.2) is 41.0 Å². The third-order valence-corrected chi connectivity index (χ3v) is 4.73. The number of Topliss-reactive ketones (excluding diaryl/α,β-unsaturated/α-hetero) is 1. The molecule has 0 bridgehead atoms. The molecule has 0 aliphatic rings. The molecule has 1 aromatic heterocycles. The lowest BCUT2D eigenvalue weighted by atomic mass is 9.96. The van der Waals surface area contributed by atoms with Crippen molar-refractivity contribution in [3.05, 3.63) is 47.1 Å². The molecule has 0 aliphatic heterocycles. The molecule has 3 aromatic rings. The summed E-state index contributed by atoms with van der Waals surface area (Å²) >= 11 is 6.44. The maximum atomic E-state index is 12.7. The molecule has 0 unspecified atom stereocenters. The zero-order chi connectivity index (χ0) is 22.5. The normalized spacial score (nSPS) is 10.9. The number of anilines is 1. The van der Waals surface area contributed by atoms with Crippen LogP contribution in [0.3, 0.4) is 0 Å². The molecule has 0 atom stereocenters. The summed E-state index contributed by atoms with van der Waals surface area (Å²) in [6, 6.07) is 9.13. The number of benzene rings is 2. The van der Waals surface area contributed by atoms with Crippen LogP contribution >= 0.6 is 11.6 Å². The van der Waals surface area contributed by atoms with Crippen molar-refractivity contribution in [2.75, 3.05) is 18.5 Å². The predicted molar refractivity (Wildman–Crippen MR) is 121 cm³/mol. The van der Waals surface area contributed by atoms with Crippen molar-refractivity contribution in [3.63, 3.8) is 0 Å². The van der Waals surface area contributed by atoms with Crippen LogP contribution in [0.2, 0.25) is 5.02 Å². The quantitative estimate of drug-likeness (QED) is 0.392. The SMILES string of the molecule is CCOC(=O)COc1c(-c2ccccc2Cl)cc2cnc(NC(C)C)nc2c1C(C)=O. The molecule has 0 spiro atoms. The van der Waals surface area contributed by atoms with E-state index < -0.39 is 5.97 Å². The monoisotopic (exact) mass is 441 g/mol. The van der Waals surface area contributed by atoms with Gasteiger partial charge in [-0.15, -0.1) is 0 Å². The lowest BCUT2D eigenvalue weighted by Crippen LogP contribution is -2.17. The first-order valence-corrected chi connectivity index (χ1v) is 10.3. The lowest BCUT2D eigenvalue weighted by Gasteiger charge is -2.18. The standard InChI is InChI=1S/C23H24ClN3O4/c1-5-30-19(29)12-31-22-17(16-8-6-7-9-18(16)24)10-15-11-25-23(26-13(2)3)27-21(15)20(22)14(4)28/h6-11,13H,5,12H2,1-4H3,(H,25,26,27). The number of rotatable bonds is 8. The summed E-state index contributed by atoms with van der Waals surface area (Å²) < 4.78 is 10.8. The molecule has 8 heteroatoms. The molecule has 0 fully saturated rings. The summed E-state index contributed by atoms with van der Waals surface area (Å²) in [5.41, 5.74) is 1.92. The summed E-state index contributed by atoms with van der Waals surface area (Å²) in [5.74, 6) is -0.166. The number of nitrogens with zero attached hydrogens (tertiary/aromatic N) is 2. The molecule has 3 rings (SSSR count). The fourth-order valence-corrected chi connectivity index (χ4v) is 3.42. The van der Waals surface area contributed by atoms with Gasteiger partial charge >= 0.3 is 5.97 Å². The second-order valence-corrected chi connectivity index (χ2v) is 7.60. The van der Waals surface area contributed by atoms with E-state index in [-0.39, 0.29) is 36.4 Å². The molecule has 7 nitrogen and oxygen atoms in total. The Kier molecular flexibility index (Phi) is 7.07. The van der Waals surface area contributed by atoms with Crippen LogP contribution in [0.15, 0.2) is 36.5 Å². The fraction of sp³-hybridized carbons (Fsp3) is 0.304. The number of ketones is 1. The van der Waals surface area contributed by atoms with Crippen LogP contribution in [0, 0.1) is 0 Å². The molecule has 1 heterocycles. The first kappa shape index (κ1) is 22.5. The van der Waals surface area contributed by atoms with E-state index in [1.165, 1.54) is 6.92 Å². The lowest BCUT2D eigenvalue weighted by molar-refractivity contribution is -0.145. The topological polar surface area (TPSA) is 90.4 Å². The van der Waals surface area contributed by atoms with Gasteiger partial charge in [0.1, 0.15) is 5.75 Å². The summed E-state index contributed by atoms with van der Waals surface area (Å²) in [6.07, 6.45) is 1.65. The Labute approximate surface area is 185 Å². The van der Waals surface area contributed by atoms with E-state index in [4.69, 9.17) is 21.1 Å². The Morgan fingerprint density at radius 1 is 1.19 bits per heavy atom. The van der Waals surface area contributed by atoms with Gasteiger partial charge in [-0.1, -0.05) is 29.8 Å². The molecule has 0 saturated heterocycles. The maximum absolute atomic E-state index is 12.7. The molecule has 0 saturated carbocycles. The number of carbonyl (C=O) groups is 2. The Morgan fingerprint density at radius 2 is 1.94 bits per heavy atom. The third-order valence-electron chi connectivity index (χ3n) is 4.40. The van der Waals surface area contributed by atoms with Crippen LogP contribution in [0.25, 0.3) is 22.0 Å². The van der Waals surface area contributed by atoms with Gasteiger partial charge in [-0.3, -0.25) is 4.79 Å². The zero-order valence-electron chi connectivity index (χ0n) is 17.9. The van der Waals surface area contributed by atoms with Gasteiger partial charge in [-0.25, -0.2) is 14.8 Å². The number of hydrogen-bond donors (Lipinski definition) is 1. The van der Waals surface area contributed by atoms with Crippen molar-refractivity contribution in [3.8, 4) is 16.9 Å². The fourth-order valence-electron chi connectivity index (χ4n) is 3.18. The molecule has 1 N–H and O–H groups in total. The largest absolute Gasteiger partial charge is 0.480 e. The van der Waals surface area contributed by atoms with E-state index in [0.29, 0.717) is 33.0 Å². The minimum absolute atomic E-state index is 0.111. The number of hydrogen-bond acceptors (Lipinski definition) is 7. The van der Waals surface area contributed by atoms with E-state index in [0.717, 1.165) is 0 Å². The maximum Gasteiger partial charge on any atom is 0.344 e. The van der Waals surface area contributed by atoms with E-state index in [2.05, 4.69) is 15.3 Å². The number of esters is 1. The Hall–Kier alpha value is -3.19. The van der Waals surface area contributed by atoms with Crippen LogP contribution in [0.5, 0.6) is 5.75 Å². The first-order valence-electron chi connectivity index (χ1n) is 9.96. The second kappa shape index (κ2) is 9.75. The van der Waals surface area contributed by atoms with Crippen molar-refractivity contribution in [1.29, 1.82) is 0 Å². The first-order chi connectivity index (χ1) is 14.8. The van der Waals surface area contributed by atoms with E-state index in [9.17, 15) is 9.59 Å². The summed E-state index contributed by atoms with van der Waals surface area (Å²) in [4.78, 5) is 33.6. The molecular weight excluding hydrogens is 418 g/mol. The highest BCUT2D eigenvalue weighted by molar-refractivity contribution is 6.33. The van der Waals surface area contributed by atoms with Gasteiger partial charge in [0.15, 0.2) is 12.4 Å². The predicted octanol–water partition coefficient (Wildman–Crippen LogP) is 4.92. The Morgan fingerprint density at radius 3 is 2.58 bits per heavy atom. The average Bonchev–Trinajstić information content (AvgIpc) is 2.71. The van der Waals surface area contributed by atoms with Gasteiger partial charge in [-0.2, -0.15) is 0 Å². The van der Waals surface area contributed by atoms with E-state index >= 15 is 0 Å². The Balaban J connectivity index is 2.27. The van der Waals surface area contributed by atoms with Gasteiger partial charge in [0.25, 0.3) is 0 Å². The van der Waals surface area contributed by atoms with Gasteiger partial charge in [-0.05, 0) is 39.8 Å². The molecular formula is C23H24ClN3O4. The highest BCUT2D eigenvalue weighted by Crippen LogP contribution is 2.41. The van der Waals surface area contributed by atoms with Crippen molar-refractivity contribution in [2.24, 2.45) is 0 Å². The zero-order valence-corrected chi connectivity index (χ0v) is 18.6. The molecule has 31 heavy (non-hydrogen) atoms. The highest BCUT2D eigenvalue weighted by Gasteiger charge is 2.23. The van der Waals surface area contributed by atoms with Crippen molar-refractivity contribution >= 4 is 40.2 Å². The van der Waals surface area contributed by atoms with Crippen molar-refractivity contribution in [2.45, 2.75) is 33.7 Å². The van der Waals surface area contributed by atoms with Gasteiger partial charge in [0.05, 0.1) is 17.7 Å². The highest BCUT2D eigenvalue weighted by atomic mass is 35.5. The number of fused-ring (bicyclic) bond motifs is 1. The third kappa shape index (κ3) is 5.11. The van der Waals surface area contributed by atoms with Crippen LogP contribution in [0.1, 0.15) is 38.1 Å². The summed E-state index contributed by atoms with van der Waals surface area (Å²) in [5, 5.41) is 4.27. The van der Waals surface area contributed by atoms with Gasteiger partial charge < -0.3 is 14.8 Å². The van der Waals surface area contributed by atoms with Crippen LogP contribution in [0.4, 0.5) is 5.95 Å². The minimum atomic E-state index is -0.535. The molecule has 0 amide bonds. The number of carbonyl (C=O) groups excluding carboxylic acids is 2. The molecule has 2 aromatic carbocycles. The summed E-state index contributed by atoms with van der Waals surface area (Å²) in [7, 11) is 0. The number of nitrogens with one attached hydrogen (secondary N) is 1. The van der Waals surface area contributed by atoms with Gasteiger partial charge in [0.2, 0.25) is 5.95 Å². The number of halogens is 1. The Bertz CT molecular complexity index is 1130. The van der Waals surface area contributed by atoms with Crippen LogP contribution in [-0.2, 0) is 9.53 Å². The van der Waals surface area contributed by atoms with Crippen molar-refractivity contribution in [1.82, 2.24) is 9.97 Å². The minimum Gasteiger partial charge on any atom is -0.480 e. The average molecular weight is 442 g/mol. The van der Waals surface area contributed by atoms with Crippen molar-refractivity contribution < 1.29 is 19.1 Å². The van der Waals surface area contributed by atoms with E-state index in [1.807, 2.05) is 38.1 Å². The van der Waals surface area contributed by atoms with Crippen LogP contribution < -0.4 is 10.1 Å². The molecule has 162 valence electrons. The molecule has 0 aliphatic carbocycles. The smallest absolute Gasteiger partial charge is 0.344 e. The summed E-state index contributed by atoms with van der Waals surface area (Å²) in [6.45, 7) is 6.96. The molecule has 0 radical (unpaired) electrons.